The largest absolute Gasteiger partial charge is 0.369 e. The minimum atomic E-state index is -1.17. The number of carbonyl (C=O) groups is 2. The molecule has 1 aromatic carbocycles. The van der Waals surface area contributed by atoms with E-state index in [9.17, 15) is 9.59 Å². The van der Waals surface area contributed by atoms with E-state index in [-0.39, 0.29) is 54.0 Å². The van der Waals surface area contributed by atoms with E-state index >= 15 is 4.39 Å². The summed E-state index contributed by atoms with van der Waals surface area (Å²) >= 11 is 0. The lowest BCUT2D eigenvalue weighted by Gasteiger charge is -2.61. The van der Waals surface area contributed by atoms with Crippen LogP contribution in [0.3, 0.4) is 0 Å². The number of nitrogens with one attached hydrogen (secondary N) is 1. The summed E-state index contributed by atoms with van der Waals surface area (Å²) in [6.45, 7) is 7.64. The number of morpholine rings is 1. The van der Waals surface area contributed by atoms with Crippen molar-refractivity contribution in [3.05, 3.63) is 47.7 Å². The molecular weight excluding hydrogens is 531 g/mol. The Morgan fingerprint density at radius 3 is 2.43 bits per heavy atom. The van der Waals surface area contributed by atoms with Gasteiger partial charge in [0.25, 0.3) is 5.91 Å². The van der Waals surface area contributed by atoms with Crippen LogP contribution >= 0.6 is 0 Å². The van der Waals surface area contributed by atoms with E-state index in [4.69, 9.17) is 4.74 Å². The summed E-state index contributed by atoms with van der Waals surface area (Å²) in [4.78, 5) is 34.6. The highest BCUT2D eigenvalue weighted by molar-refractivity contribution is 6.20. The van der Waals surface area contributed by atoms with Crippen LogP contribution in [0.15, 0.2) is 42.1 Å². The van der Waals surface area contributed by atoms with Crippen LogP contribution in [0.1, 0.15) is 76.7 Å². The van der Waals surface area contributed by atoms with Crippen LogP contribution in [0, 0.1) is 5.92 Å². The van der Waals surface area contributed by atoms with Gasteiger partial charge in [-0.25, -0.2) is 4.39 Å². The molecule has 1 amide bonds. The fourth-order valence-electron chi connectivity index (χ4n) is 8.57. The first-order valence-electron chi connectivity index (χ1n) is 16.5. The number of piperazine rings is 1. The molecule has 1 aromatic rings. The summed E-state index contributed by atoms with van der Waals surface area (Å²) in [7, 11) is 2.11. The van der Waals surface area contributed by atoms with Crippen LogP contribution in [-0.4, -0.2) is 102 Å². The van der Waals surface area contributed by atoms with Gasteiger partial charge in [-0.3, -0.25) is 14.5 Å². The summed E-state index contributed by atoms with van der Waals surface area (Å²) < 4.78 is 23.2. The Morgan fingerprint density at radius 1 is 1.02 bits per heavy atom. The minimum absolute atomic E-state index is 0.0446. The van der Waals surface area contributed by atoms with E-state index in [1.54, 1.807) is 0 Å². The molecule has 8 heteroatoms. The summed E-state index contributed by atoms with van der Waals surface area (Å²) in [5.41, 5.74) is 1.54. The molecule has 42 heavy (non-hydrogen) atoms. The highest BCUT2D eigenvalue weighted by atomic mass is 19.1. The van der Waals surface area contributed by atoms with Gasteiger partial charge in [0.1, 0.15) is 6.17 Å². The molecule has 8 atom stereocenters. The molecule has 0 radical (unpaired) electrons. The number of halogens is 1. The first-order chi connectivity index (χ1) is 20.4. The molecule has 2 saturated carbocycles. The molecule has 7 nitrogen and oxygen atoms in total. The van der Waals surface area contributed by atoms with Crippen molar-refractivity contribution in [2.45, 2.75) is 114 Å². The van der Waals surface area contributed by atoms with Crippen molar-refractivity contribution < 1.29 is 18.7 Å². The van der Waals surface area contributed by atoms with Crippen molar-refractivity contribution in [2.24, 2.45) is 5.92 Å². The standard InChI is InChI=1S/C34H49FN4O3/c1-4-9-24(10-5-2)36-34(41)26-21-39-28-19-23(22-11-7-6-8-12-22)13-14-29(28)42-33-30(39)25(32(26)40)20-27(35)31(33)38-17-15-37(3)16-18-38/h6-8,11-12,21,23-25,27-31,33H,4-5,9-10,13-20H2,1-3H3,(H,36,41). The lowest BCUT2D eigenvalue weighted by molar-refractivity contribution is -0.214. The Morgan fingerprint density at radius 2 is 1.74 bits per heavy atom. The third kappa shape index (κ3) is 5.67. The second-order valence-electron chi connectivity index (χ2n) is 13.4. The number of alkyl halides is 1. The average Bonchev–Trinajstić information content (AvgIpc) is 2.99. The number of carbonyl (C=O) groups excluding carboxylic acids is 2. The van der Waals surface area contributed by atoms with E-state index in [2.05, 4.69) is 71.2 Å². The Hall–Kier alpha value is -2.29. The quantitative estimate of drug-likeness (QED) is 0.463. The highest BCUT2D eigenvalue weighted by Crippen LogP contribution is 2.48. The molecule has 0 spiro atoms. The topological polar surface area (TPSA) is 65.1 Å². The summed E-state index contributed by atoms with van der Waals surface area (Å²) in [5, 5.41) is 3.18. The van der Waals surface area contributed by atoms with Gasteiger partial charge in [0.2, 0.25) is 0 Å². The molecule has 0 aromatic heterocycles. The average molecular weight is 581 g/mol. The molecule has 1 N–H and O–H groups in total. The number of fused-ring (bicyclic) bond motifs is 2. The number of hydrogen-bond donors (Lipinski definition) is 1. The van der Waals surface area contributed by atoms with Crippen molar-refractivity contribution in [2.75, 3.05) is 33.2 Å². The van der Waals surface area contributed by atoms with Gasteiger partial charge >= 0.3 is 0 Å². The zero-order chi connectivity index (χ0) is 29.4. The van der Waals surface area contributed by atoms with Crippen LogP contribution in [-0.2, 0) is 14.3 Å². The maximum Gasteiger partial charge on any atom is 0.256 e. The van der Waals surface area contributed by atoms with Crippen molar-refractivity contribution in [1.82, 2.24) is 20.0 Å². The zero-order valence-electron chi connectivity index (χ0n) is 25.6. The van der Waals surface area contributed by atoms with Crippen molar-refractivity contribution >= 4 is 11.7 Å². The van der Waals surface area contributed by atoms with E-state index < -0.39 is 18.2 Å². The summed E-state index contributed by atoms with van der Waals surface area (Å²) in [6, 6.07) is 10.1. The number of hydrogen-bond acceptors (Lipinski definition) is 6. The third-order valence-corrected chi connectivity index (χ3v) is 10.7. The fraction of sp³-hybridized carbons (Fsp3) is 0.706. The minimum Gasteiger partial charge on any atom is -0.369 e. The fourth-order valence-corrected chi connectivity index (χ4v) is 8.57. The number of ether oxygens (including phenoxy) is 1. The van der Waals surface area contributed by atoms with Gasteiger partial charge in [0, 0.05) is 44.3 Å². The number of Topliss-reactive ketones (excluding diaryl/α,β-unsaturated/α-hetero) is 1. The van der Waals surface area contributed by atoms with Crippen LogP contribution in [0.5, 0.6) is 0 Å². The number of ketones is 1. The number of benzene rings is 1. The van der Waals surface area contributed by atoms with E-state index in [1.165, 1.54) is 5.56 Å². The number of likely N-dealkylation sites (N-methyl/N-ethyl adjacent to an activating group) is 1. The molecule has 0 bridgehead atoms. The molecule has 8 unspecified atom stereocenters. The van der Waals surface area contributed by atoms with Crippen LogP contribution in [0.2, 0.25) is 0 Å². The second-order valence-corrected chi connectivity index (χ2v) is 13.4. The van der Waals surface area contributed by atoms with Gasteiger partial charge in [-0.15, -0.1) is 0 Å². The molecule has 5 aliphatic rings. The van der Waals surface area contributed by atoms with Crippen LogP contribution in [0.25, 0.3) is 0 Å². The SMILES string of the molecule is CCCC(CCC)NC(=O)C1=CN2C3CC(c4ccccc4)CCC3OC3C(N4CCN(C)CC4)C(F)CC(C1=O)C32. The Balaban J connectivity index is 1.34. The third-order valence-electron chi connectivity index (χ3n) is 10.7. The molecule has 6 rings (SSSR count). The normalized spacial score (nSPS) is 35.4. The molecule has 230 valence electrons. The monoisotopic (exact) mass is 580 g/mol. The summed E-state index contributed by atoms with van der Waals surface area (Å²) in [5.74, 6) is -0.688. The number of nitrogens with zero attached hydrogens (tertiary/aromatic N) is 3. The van der Waals surface area contributed by atoms with Gasteiger partial charge < -0.3 is 19.9 Å². The van der Waals surface area contributed by atoms with Crippen LogP contribution in [0.4, 0.5) is 4.39 Å². The Labute approximate surface area is 250 Å². The van der Waals surface area contributed by atoms with Gasteiger partial charge in [0.15, 0.2) is 5.78 Å². The van der Waals surface area contributed by atoms with E-state index in [0.29, 0.717) is 5.92 Å². The molecule has 4 fully saturated rings. The first kappa shape index (κ1) is 29.8. The molecule has 3 heterocycles. The molecular formula is C34H49FN4O3. The van der Waals surface area contributed by atoms with E-state index in [1.807, 2.05) is 6.20 Å². The zero-order valence-corrected chi connectivity index (χ0v) is 25.6. The maximum absolute atomic E-state index is 16.3. The molecule has 2 aliphatic carbocycles. The summed E-state index contributed by atoms with van der Waals surface area (Å²) in [6.07, 6.45) is 6.92. The van der Waals surface area contributed by atoms with Crippen molar-refractivity contribution in [3.63, 3.8) is 0 Å². The number of amides is 1. The predicted molar refractivity (Wildman–Crippen MR) is 162 cm³/mol. The first-order valence-corrected chi connectivity index (χ1v) is 16.5. The Bertz CT molecular complexity index is 1130. The molecule has 2 saturated heterocycles. The lowest BCUT2D eigenvalue weighted by atomic mass is 9.68. The van der Waals surface area contributed by atoms with Gasteiger partial charge in [-0.1, -0.05) is 57.0 Å². The molecule has 3 aliphatic heterocycles. The van der Waals surface area contributed by atoms with Crippen molar-refractivity contribution in [3.8, 4) is 0 Å². The number of rotatable bonds is 8. The second kappa shape index (κ2) is 12.7. The van der Waals surface area contributed by atoms with Gasteiger partial charge in [0.05, 0.1) is 35.9 Å². The van der Waals surface area contributed by atoms with Crippen molar-refractivity contribution in [1.29, 1.82) is 0 Å². The predicted octanol–water partition coefficient (Wildman–Crippen LogP) is 4.29. The smallest absolute Gasteiger partial charge is 0.256 e. The van der Waals surface area contributed by atoms with Gasteiger partial charge in [-0.05, 0) is 57.1 Å². The highest BCUT2D eigenvalue weighted by Gasteiger charge is 2.60. The van der Waals surface area contributed by atoms with Gasteiger partial charge in [-0.2, -0.15) is 0 Å². The maximum atomic E-state index is 16.3. The van der Waals surface area contributed by atoms with E-state index in [0.717, 1.165) is 71.1 Å². The lowest BCUT2D eigenvalue weighted by Crippen LogP contribution is -2.74. The van der Waals surface area contributed by atoms with Crippen LogP contribution < -0.4 is 5.32 Å². The Kier molecular flexibility index (Phi) is 9.04.